The number of nitrogens with zero attached hydrogens (tertiary/aromatic N) is 2. The smallest absolute Gasteiger partial charge is 0.101 e. The molecule has 2 heterocycles. The SMILES string of the molecule is CCCNC(C)c1ccc(Sc2ccncc2)nc1. The fraction of sp³-hybridized carbons (Fsp3) is 0.333. The summed E-state index contributed by atoms with van der Waals surface area (Å²) in [6, 6.07) is 8.55. The summed E-state index contributed by atoms with van der Waals surface area (Å²) in [6.07, 6.45) is 6.70. The first kappa shape index (κ1) is 14.0. The molecular weight excluding hydrogens is 254 g/mol. The molecule has 3 nitrogen and oxygen atoms in total. The van der Waals surface area contributed by atoms with Crippen molar-refractivity contribution < 1.29 is 0 Å². The van der Waals surface area contributed by atoms with Gasteiger partial charge in [-0.2, -0.15) is 0 Å². The molecule has 0 amide bonds. The minimum atomic E-state index is 0.354. The molecule has 0 fully saturated rings. The number of rotatable bonds is 6. The van der Waals surface area contributed by atoms with Gasteiger partial charge in [-0.3, -0.25) is 4.98 Å². The van der Waals surface area contributed by atoms with Crippen LogP contribution < -0.4 is 5.32 Å². The molecule has 2 aromatic rings. The van der Waals surface area contributed by atoms with Crippen molar-refractivity contribution >= 4 is 11.8 Å². The largest absolute Gasteiger partial charge is 0.310 e. The van der Waals surface area contributed by atoms with Gasteiger partial charge in [0.1, 0.15) is 5.03 Å². The van der Waals surface area contributed by atoms with Gasteiger partial charge in [-0.15, -0.1) is 0 Å². The Morgan fingerprint density at radius 3 is 2.63 bits per heavy atom. The standard InChI is InChI=1S/C15H19N3S/c1-3-8-17-12(2)13-4-5-15(18-11-13)19-14-6-9-16-10-7-14/h4-7,9-12,17H,3,8H2,1-2H3. The van der Waals surface area contributed by atoms with Gasteiger partial charge in [0.15, 0.2) is 0 Å². The normalized spacial score (nSPS) is 12.3. The van der Waals surface area contributed by atoms with Crippen LogP contribution in [0.15, 0.2) is 52.8 Å². The van der Waals surface area contributed by atoms with Gasteiger partial charge in [-0.25, -0.2) is 4.98 Å². The molecule has 0 aliphatic carbocycles. The average Bonchev–Trinajstić information content (AvgIpc) is 2.46. The number of nitrogens with one attached hydrogen (secondary N) is 1. The van der Waals surface area contributed by atoms with Gasteiger partial charge in [0, 0.05) is 29.5 Å². The van der Waals surface area contributed by atoms with Gasteiger partial charge in [0.2, 0.25) is 0 Å². The van der Waals surface area contributed by atoms with Crippen molar-refractivity contribution in [3.63, 3.8) is 0 Å². The highest BCUT2D eigenvalue weighted by Gasteiger charge is 2.05. The molecule has 0 radical (unpaired) electrons. The first-order valence-corrected chi connectivity index (χ1v) is 7.38. The van der Waals surface area contributed by atoms with Crippen LogP contribution in [0.1, 0.15) is 31.9 Å². The maximum absolute atomic E-state index is 4.51. The molecule has 1 atom stereocenters. The van der Waals surface area contributed by atoms with Crippen molar-refractivity contribution in [2.24, 2.45) is 0 Å². The average molecular weight is 273 g/mol. The summed E-state index contributed by atoms with van der Waals surface area (Å²) in [4.78, 5) is 9.68. The van der Waals surface area contributed by atoms with Crippen LogP contribution in [-0.2, 0) is 0 Å². The van der Waals surface area contributed by atoms with E-state index >= 15 is 0 Å². The quantitative estimate of drug-likeness (QED) is 0.871. The third-order valence-electron chi connectivity index (χ3n) is 2.83. The van der Waals surface area contributed by atoms with Crippen molar-refractivity contribution in [2.75, 3.05) is 6.54 Å². The molecule has 0 spiro atoms. The molecule has 19 heavy (non-hydrogen) atoms. The lowest BCUT2D eigenvalue weighted by Crippen LogP contribution is -2.19. The number of hydrogen-bond donors (Lipinski definition) is 1. The second kappa shape index (κ2) is 7.26. The molecule has 0 saturated carbocycles. The van der Waals surface area contributed by atoms with Crippen LogP contribution in [0.4, 0.5) is 0 Å². The zero-order valence-corrected chi connectivity index (χ0v) is 12.2. The molecule has 0 aliphatic heterocycles. The Bertz CT molecular complexity index is 485. The second-order valence-electron chi connectivity index (χ2n) is 4.39. The third-order valence-corrected chi connectivity index (χ3v) is 3.79. The highest BCUT2D eigenvalue weighted by Crippen LogP contribution is 2.25. The highest BCUT2D eigenvalue weighted by molar-refractivity contribution is 7.99. The third kappa shape index (κ3) is 4.33. The molecule has 0 bridgehead atoms. The van der Waals surface area contributed by atoms with E-state index < -0.39 is 0 Å². The van der Waals surface area contributed by atoms with Crippen LogP contribution >= 0.6 is 11.8 Å². The molecule has 1 N–H and O–H groups in total. The van der Waals surface area contributed by atoms with Gasteiger partial charge in [0.25, 0.3) is 0 Å². The van der Waals surface area contributed by atoms with Crippen LogP contribution in [0.3, 0.4) is 0 Å². The molecule has 2 rings (SSSR count). The zero-order chi connectivity index (χ0) is 13.5. The van der Waals surface area contributed by atoms with Gasteiger partial charge in [-0.1, -0.05) is 24.8 Å². The summed E-state index contributed by atoms with van der Waals surface area (Å²) < 4.78 is 0. The topological polar surface area (TPSA) is 37.8 Å². The van der Waals surface area contributed by atoms with E-state index in [0.29, 0.717) is 6.04 Å². The van der Waals surface area contributed by atoms with Crippen LogP contribution in [-0.4, -0.2) is 16.5 Å². The van der Waals surface area contributed by atoms with Crippen molar-refractivity contribution in [1.82, 2.24) is 15.3 Å². The Labute approximate surface area is 118 Å². The molecule has 0 aromatic carbocycles. The summed E-state index contributed by atoms with van der Waals surface area (Å²) in [7, 11) is 0. The Hall–Kier alpha value is -1.39. The molecule has 0 aliphatic rings. The Balaban J connectivity index is 1.98. The van der Waals surface area contributed by atoms with E-state index in [2.05, 4.69) is 41.3 Å². The second-order valence-corrected chi connectivity index (χ2v) is 5.48. The van der Waals surface area contributed by atoms with E-state index in [-0.39, 0.29) is 0 Å². The Morgan fingerprint density at radius 2 is 2.00 bits per heavy atom. The first-order valence-electron chi connectivity index (χ1n) is 6.57. The van der Waals surface area contributed by atoms with Gasteiger partial charge >= 0.3 is 0 Å². The molecule has 2 aromatic heterocycles. The minimum Gasteiger partial charge on any atom is -0.310 e. The van der Waals surface area contributed by atoms with Crippen LogP contribution in [0.2, 0.25) is 0 Å². The summed E-state index contributed by atoms with van der Waals surface area (Å²) in [5, 5.41) is 4.47. The first-order chi connectivity index (χ1) is 9.29. The summed E-state index contributed by atoms with van der Waals surface area (Å²) in [6.45, 7) is 5.38. The van der Waals surface area contributed by atoms with Gasteiger partial charge < -0.3 is 5.32 Å². The number of aromatic nitrogens is 2. The maximum atomic E-state index is 4.51. The number of hydrogen-bond acceptors (Lipinski definition) is 4. The van der Waals surface area contributed by atoms with E-state index in [1.165, 1.54) is 5.56 Å². The highest BCUT2D eigenvalue weighted by atomic mass is 32.2. The summed E-state index contributed by atoms with van der Waals surface area (Å²) in [5.41, 5.74) is 1.23. The van der Waals surface area contributed by atoms with E-state index in [4.69, 9.17) is 0 Å². The molecule has 1 unspecified atom stereocenters. The van der Waals surface area contributed by atoms with Crippen molar-refractivity contribution in [3.05, 3.63) is 48.4 Å². The Morgan fingerprint density at radius 1 is 1.21 bits per heavy atom. The molecule has 4 heteroatoms. The predicted molar refractivity (Wildman–Crippen MR) is 79.3 cm³/mol. The zero-order valence-electron chi connectivity index (χ0n) is 11.3. The van der Waals surface area contributed by atoms with E-state index in [0.717, 1.165) is 22.9 Å². The summed E-state index contributed by atoms with van der Waals surface area (Å²) in [5.74, 6) is 0. The lowest BCUT2D eigenvalue weighted by molar-refractivity contribution is 0.568. The minimum absolute atomic E-state index is 0.354. The van der Waals surface area contributed by atoms with Crippen molar-refractivity contribution in [3.8, 4) is 0 Å². The molecular formula is C15H19N3S. The van der Waals surface area contributed by atoms with Crippen LogP contribution in [0.25, 0.3) is 0 Å². The molecule has 100 valence electrons. The predicted octanol–water partition coefficient (Wildman–Crippen LogP) is 3.69. The van der Waals surface area contributed by atoms with Crippen molar-refractivity contribution in [1.29, 1.82) is 0 Å². The van der Waals surface area contributed by atoms with Crippen molar-refractivity contribution in [2.45, 2.75) is 36.2 Å². The van der Waals surface area contributed by atoms with Crippen LogP contribution in [0, 0.1) is 0 Å². The van der Waals surface area contributed by atoms with E-state index in [1.54, 1.807) is 24.2 Å². The van der Waals surface area contributed by atoms with Gasteiger partial charge in [-0.05, 0) is 43.7 Å². The maximum Gasteiger partial charge on any atom is 0.101 e. The van der Waals surface area contributed by atoms with E-state index in [1.807, 2.05) is 18.3 Å². The van der Waals surface area contributed by atoms with Crippen LogP contribution in [0.5, 0.6) is 0 Å². The summed E-state index contributed by atoms with van der Waals surface area (Å²) >= 11 is 1.65. The molecule has 0 saturated heterocycles. The lowest BCUT2D eigenvalue weighted by atomic mass is 10.1. The Kier molecular flexibility index (Phi) is 5.36. The monoisotopic (exact) mass is 273 g/mol. The van der Waals surface area contributed by atoms with E-state index in [9.17, 15) is 0 Å². The fourth-order valence-corrected chi connectivity index (χ4v) is 2.45. The lowest BCUT2D eigenvalue weighted by Gasteiger charge is -2.13. The fourth-order valence-electron chi connectivity index (χ4n) is 1.71. The number of pyridine rings is 2. The van der Waals surface area contributed by atoms with Gasteiger partial charge in [0.05, 0.1) is 0 Å².